The summed E-state index contributed by atoms with van der Waals surface area (Å²) < 4.78 is 12.4. The predicted octanol–water partition coefficient (Wildman–Crippen LogP) is 4.04. The van der Waals surface area contributed by atoms with E-state index in [1.807, 2.05) is 49.4 Å². The molecule has 0 saturated carbocycles. The van der Waals surface area contributed by atoms with Crippen LogP contribution in [0.25, 0.3) is 16.6 Å². The predicted molar refractivity (Wildman–Crippen MR) is 138 cm³/mol. The Morgan fingerprint density at radius 3 is 2.63 bits per heavy atom. The van der Waals surface area contributed by atoms with Gasteiger partial charge in [0.15, 0.2) is 16.7 Å². The summed E-state index contributed by atoms with van der Waals surface area (Å²) in [4.78, 5) is 30.3. The van der Waals surface area contributed by atoms with Gasteiger partial charge in [0.05, 0.1) is 42.3 Å². The topological polar surface area (TPSA) is 94.8 Å². The number of thioether (sulfide) groups is 1. The Labute approximate surface area is 206 Å². The molecule has 3 aromatic carbocycles. The highest BCUT2D eigenvalue weighted by Crippen LogP contribution is 2.27. The van der Waals surface area contributed by atoms with Crippen LogP contribution < -0.4 is 20.5 Å². The van der Waals surface area contributed by atoms with Crippen molar-refractivity contribution in [3.63, 3.8) is 0 Å². The molecule has 0 fully saturated rings. The number of fused-ring (bicyclic) bond motifs is 1. The van der Waals surface area contributed by atoms with Crippen LogP contribution >= 0.6 is 11.8 Å². The molecule has 8 nitrogen and oxygen atoms in total. The molecule has 35 heavy (non-hydrogen) atoms. The van der Waals surface area contributed by atoms with E-state index in [0.29, 0.717) is 39.9 Å². The number of nitrogens with zero attached hydrogens (tertiary/aromatic N) is 3. The van der Waals surface area contributed by atoms with Crippen molar-refractivity contribution in [1.82, 2.24) is 15.0 Å². The van der Waals surface area contributed by atoms with Crippen molar-refractivity contribution in [2.45, 2.75) is 12.1 Å². The summed E-state index contributed by atoms with van der Waals surface area (Å²) in [5.74, 6) is 0.923. The maximum atomic E-state index is 13.2. The average molecular weight is 489 g/mol. The first kappa shape index (κ1) is 24.0. The van der Waals surface area contributed by atoms with Crippen LogP contribution in [0.15, 0.2) is 87.8 Å². The molecule has 4 aromatic rings. The molecule has 0 bridgehead atoms. The number of amides is 1. The number of aromatic nitrogens is 2. The molecule has 0 aliphatic rings. The Hall–Kier alpha value is -4.11. The minimum absolute atomic E-state index is 0.0293. The van der Waals surface area contributed by atoms with Gasteiger partial charge in [-0.25, -0.2) is 10.4 Å². The zero-order valence-corrected chi connectivity index (χ0v) is 20.1. The molecule has 1 aromatic heterocycles. The molecule has 0 spiro atoms. The van der Waals surface area contributed by atoms with E-state index in [-0.39, 0.29) is 17.2 Å². The van der Waals surface area contributed by atoms with E-state index < -0.39 is 0 Å². The highest BCUT2D eigenvalue weighted by atomic mass is 32.2. The Morgan fingerprint density at radius 2 is 1.86 bits per heavy atom. The molecule has 4 rings (SSSR count). The third kappa shape index (κ3) is 5.70. The highest BCUT2D eigenvalue weighted by molar-refractivity contribution is 7.99. The first-order valence-corrected chi connectivity index (χ1v) is 11.9. The second kappa shape index (κ2) is 11.3. The fourth-order valence-corrected chi connectivity index (χ4v) is 4.20. The van der Waals surface area contributed by atoms with Crippen LogP contribution in [0.3, 0.4) is 0 Å². The van der Waals surface area contributed by atoms with Crippen LogP contribution in [0.5, 0.6) is 11.5 Å². The second-order valence-electron chi connectivity index (χ2n) is 7.31. The van der Waals surface area contributed by atoms with Crippen LogP contribution in [-0.4, -0.2) is 41.1 Å². The number of carbonyl (C=O) groups is 1. The van der Waals surface area contributed by atoms with Crippen molar-refractivity contribution >= 4 is 34.8 Å². The van der Waals surface area contributed by atoms with Gasteiger partial charge in [0.2, 0.25) is 0 Å². The lowest BCUT2D eigenvalue weighted by molar-refractivity contribution is -0.118. The normalized spacial score (nSPS) is 11.0. The average Bonchev–Trinajstić information content (AvgIpc) is 2.89. The van der Waals surface area contributed by atoms with Crippen LogP contribution in [0.4, 0.5) is 0 Å². The molecular weight excluding hydrogens is 464 g/mol. The Kier molecular flexibility index (Phi) is 7.79. The fraction of sp³-hybridized carbons (Fsp3) is 0.154. The summed E-state index contributed by atoms with van der Waals surface area (Å²) in [5, 5.41) is 4.97. The van der Waals surface area contributed by atoms with Crippen molar-refractivity contribution in [3.05, 3.63) is 88.7 Å². The zero-order chi connectivity index (χ0) is 24.6. The zero-order valence-electron chi connectivity index (χ0n) is 19.3. The SMILES string of the molecule is CCOc1ccc(C=NNC(=O)CSc2nc3ccccc3c(=O)n2-c2ccccc2)cc1OC. The van der Waals surface area contributed by atoms with Crippen LogP contribution in [-0.2, 0) is 4.79 Å². The van der Waals surface area contributed by atoms with Crippen LogP contribution in [0.1, 0.15) is 12.5 Å². The van der Waals surface area contributed by atoms with Gasteiger partial charge in [-0.2, -0.15) is 5.10 Å². The van der Waals surface area contributed by atoms with E-state index in [9.17, 15) is 9.59 Å². The number of hydrogen-bond donors (Lipinski definition) is 1. The van der Waals surface area contributed by atoms with Gasteiger partial charge < -0.3 is 9.47 Å². The molecule has 0 aliphatic carbocycles. The van der Waals surface area contributed by atoms with Crippen LogP contribution in [0.2, 0.25) is 0 Å². The molecule has 1 amide bonds. The number of carbonyl (C=O) groups excluding carboxylic acids is 1. The van der Waals surface area contributed by atoms with Crippen molar-refractivity contribution in [2.75, 3.05) is 19.5 Å². The summed E-state index contributed by atoms with van der Waals surface area (Å²) in [6, 6.07) is 21.8. The molecule has 0 atom stereocenters. The number of rotatable bonds is 9. The molecule has 0 saturated heterocycles. The number of hydrazone groups is 1. The first-order valence-electron chi connectivity index (χ1n) is 10.9. The Morgan fingerprint density at radius 1 is 1.09 bits per heavy atom. The molecule has 1 N–H and O–H groups in total. The third-order valence-corrected chi connectivity index (χ3v) is 5.92. The number of ether oxygens (including phenoxy) is 2. The van der Waals surface area contributed by atoms with E-state index in [4.69, 9.17) is 9.47 Å². The Balaban J connectivity index is 1.49. The van der Waals surface area contributed by atoms with Crippen molar-refractivity contribution in [1.29, 1.82) is 0 Å². The van der Waals surface area contributed by atoms with Gasteiger partial charge in [0, 0.05) is 0 Å². The van der Waals surface area contributed by atoms with Gasteiger partial charge in [-0.1, -0.05) is 42.1 Å². The monoisotopic (exact) mass is 488 g/mol. The number of para-hydroxylation sites is 2. The molecule has 1 heterocycles. The van der Waals surface area contributed by atoms with Crippen molar-refractivity contribution in [3.8, 4) is 17.2 Å². The van der Waals surface area contributed by atoms with Gasteiger partial charge in [0.1, 0.15) is 0 Å². The molecule has 0 unspecified atom stereocenters. The molecule has 178 valence electrons. The lowest BCUT2D eigenvalue weighted by Gasteiger charge is -2.12. The van der Waals surface area contributed by atoms with Gasteiger partial charge >= 0.3 is 0 Å². The summed E-state index contributed by atoms with van der Waals surface area (Å²) >= 11 is 1.17. The van der Waals surface area contributed by atoms with E-state index >= 15 is 0 Å². The highest BCUT2D eigenvalue weighted by Gasteiger charge is 2.14. The summed E-state index contributed by atoms with van der Waals surface area (Å²) in [6.07, 6.45) is 1.52. The second-order valence-corrected chi connectivity index (χ2v) is 8.26. The van der Waals surface area contributed by atoms with E-state index in [1.165, 1.54) is 22.5 Å². The van der Waals surface area contributed by atoms with Crippen molar-refractivity contribution < 1.29 is 14.3 Å². The number of methoxy groups -OCH3 is 1. The van der Waals surface area contributed by atoms with E-state index in [0.717, 1.165) is 5.56 Å². The molecular formula is C26H24N4O4S. The smallest absolute Gasteiger partial charge is 0.266 e. The van der Waals surface area contributed by atoms with Gasteiger partial charge in [-0.05, 0) is 55.0 Å². The minimum atomic E-state index is -0.328. The van der Waals surface area contributed by atoms with Crippen molar-refractivity contribution in [2.24, 2.45) is 5.10 Å². The largest absolute Gasteiger partial charge is 0.493 e. The quantitative estimate of drug-likeness (QED) is 0.165. The lowest BCUT2D eigenvalue weighted by Crippen LogP contribution is -2.24. The standard InChI is InChI=1S/C26H24N4O4S/c1-3-34-22-14-13-18(15-23(22)33-2)16-27-29-24(31)17-35-26-28-21-12-8-7-11-20(21)25(32)30(26)19-9-5-4-6-10-19/h4-16H,3,17H2,1-2H3,(H,29,31). The first-order chi connectivity index (χ1) is 17.1. The minimum Gasteiger partial charge on any atom is -0.493 e. The van der Waals surface area contributed by atoms with E-state index in [1.54, 1.807) is 37.4 Å². The summed E-state index contributed by atoms with van der Waals surface area (Å²) in [5.41, 5.74) is 4.33. The van der Waals surface area contributed by atoms with E-state index in [2.05, 4.69) is 15.5 Å². The summed E-state index contributed by atoms with van der Waals surface area (Å²) in [6.45, 7) is 2.43. The number of benzene rings is 3. The lowest BCUT2D eigenvalue weighted by atomic mass is 10.2. The van der Waals surface area contributed by atoms with Crippen LogP contribution in [0, 0.1) is 0 Å². The number of nitrogens with one attached hydrogen (secondary N) is 1. The summed E-state index contributed by atoms with van der Waals surface area (Å²) in [7, 11) is 1.56. The molecule has 0 radical (unpaired) electrons. The number of hydrogen-bond acceptors (Lipinski definition) is 7. The van der Waals surface area contributed by atoms with Gasteiger partial charge in [-0.3, -0.25) is 14.2 Å². The Bertz CT molecular complexity index is 1420. The van der Waals surface area contributed by atoms with Gasteiger partial charge in [-0.15, -0.1) is 0 Å². The molecule has 9 heteroatoms. The maximum absolute atomic E-state index is 13.2. The van der Waals surface area contributed by atoms with Gasteiger partial charge in [0.25, 0.3) is 11.5 Å². The fourth-order valence-electron chi connectivity index (χ4n) is 3.39. The third-order valence-electron chi connectivity index (χ3n) is 4.98. The maximum Gasteiger partial charge on any atom is 0.266 e. The molecule has 0 aliphatic heterocycles.